The Morgan fingerprint density at radius 2 is 1.85 bits per heavy atom. The number of hydrogen-bond acceptors (Lipinski definition) is 5. The largest absolute Gasteiger partial charge is 0.467 e. The summed E-state index contributed by atoms with van der Waals surface area (Å²) < 4.78 is 9.46. The number of rotatable bonds is 1. The molecule has 2 fully saturated rings. The number of carbonyl (C=O) groups excluding carboxylic acids is 3. The first-order valence-electron chi connectivity index (χ1n) is 6.80. The van der Waals surface area contributed by atoms with Crippen LogP contribution in [0.2, 0.25) is 0 Å². The number of esters is 1. The molecule has 0 bridgehead atoms. The van der Waals surface area contributed by atoms with E-state index in [0.717, 1.165) is 6.42 Å². The van der Waals surface area contributed by atoms with Gasteiger partial charge in [0, 0.05) is 25.6 Å². The molecule has 2 amide bonds. The van der Waals surface area contributed by atoms with Gasteiger partial charge in [-0.05, 0) is 19.3 Å². The summed E-state index contributed by atoms with van der Waals surface area (Å²) in [4.78, 5) is 38.8. The number of nitrogens with zero attached hydrogens (tertiary/aromatic N) is 2. The summed E-state index contributed by atoms with van der Waals surface area (Å²) in [6, 6.07) is -0.471. The molecule has 2 aliphatic heterocycles. The molecule has 2 unspecified atom stereocenters. The number of amides is 2. The lowest BCUT2D eigenvalue weighted by Crippen LogP contribution is -2.49. The summed E-state index contributed by atoms with van der Waals surface area (Å²) >= 11 is 0. The van der Waals surface area contributed by atoms with Crippen molar-refractivity contribution in [1.82, 2.24) is 9.80 Å². The maximum atomic E-state index is 12.3. The third-order valence-electron chi connectivity index (χ3n) is 4.02. The normalized spacial score (nSPS) is 26.6. The van der Waals surface area contributed by atoms with E-state index in [1.165, 1.54) is 14.2 Å². The summed E-state index contributed by atoms with van der Waals surface area (Å²) in [5, 5.41) is 0. The number of ether oxygens (including phenoxy) is 2. The Hall–Kier alpha value is -1.79. The van der Waals surface area contributed by atoms with Crippen molar-refractivity contribution in [1.29, 1.82) is 0 Å². The van der Waals surface area contributed by atoms with Crippen LogP contribution in [-0.2, 0) is 19.1 Å². The second-order valence-electron chi connectivity index (χ2n) is 5.07. The number of methoxy groups -OCH3 is 2. The van der Waals surface area contributed by atoms with Crippen LogP contribution in [0.25, 0.3) is 0 Å². The molecule has 2 rings (SSSR count). The molecule has 0 aliphatic carbocycles. The fraction of sp³-hybridized carbons (Fsp3) is 0.769. The summed E-state index contributed by atoms with van der Waals surface area (Å²) in [6.45, 7) is 0.859. The molecule has 2 aliphatic rings. The van der Waals surface area contributed by atoms with Gasteiger partial charge in [0.05, 0.1) is 14.2 Å². The minimum absolute atomic E-state index is 0.000874. The van der Waals surface area contributed by atoms with Crippen LogP contribution in [0.5, 0.6) is 0 Å². The average Bonchev–Trinajstić information content (AvgIpc) is 2.86. The van der Waals surface area contributed by atoms with Crippen LogP contribution < -0.4 is 0 Å². The first-order valence-corrected chi connectivity index (χ1v) is 6.80. The number of carbonyl (C=O) groups is 3. The maximum absolute atomic E-state index is 12.3. The number of hydrogen-bond donors (Lipinski definition) is 0. The fourth-order valence-electron chi connectivity index (χ4n) is 3.00. The van der Waals surface area contributed by atoms with Crippen molar-refractivity contribution in [3.05, 3.63) is 0 Å². The third-order valence-corrected chi connectivity index (χ3v) is 4.02. The Morgan fingerprint density at radius 3 is 2.50 bits per heavy atom. The van der Waals surface area contributed by atoms with Crippen LogP contribution in [0.1, 0.15) is 25.7 Å². The van der Waals surface area contributed by atoms with Crippen molar-refractivity contribution in [3.8, 4) is 0 Å². The van der Waals surface area contributed by atoms with Crippen molar-refractivity contribution in [3.63, 3.8) is 0 Å². The zero-order chi connectivity index (χ0) is 14.7. The van der Waals surface area contributed by atoms with Gasteiger partial charge in [-0.15, -0.1) is 0 Å². The van der Waals surface area contributed by atoms with Crippen LogP contribution in [0, 0.1) is 0 Å². The van der Waals surface area contributed by atoms with Gasteiger partial charge in [-0.25, -0.2) is 9.59 Å². The summed E-state index contributed by atoms with van der Waals surface area (Å²) in [7, 11) is 2.67. The molecule has 2 atom stereocenters. The topological polar surface area (TPSA) is 76.1 Å². The molecule has 20 heavy (non-hydrogen) atoms. The maximum Gasteiger partial charge on any atom is 0.409 e. The highest BCUT2D eigenvalue weighted by atomic mass is 16.5. The molecule has 2 saturated heterocycles. The molecule has 0 aromatic heterocycles. The van der Waals surface area contributed by atoms with E-state index in [4.69, 9.17) is 9.47 Å². The first kappa shape index (κ1) is 14.6. The smallest absolute Gasteiger partial charge is 0.409 e. The van der Waals surface area contributed by atoms with Gasteiger partial charge in [-0.2, -0.15) is 0 Å². The Kier molecular flexibility index (Phi) is 4.46. The standard InChI is InChI=1S/C13H20N2O5/c1-19-12(17)10-4-3-9-5-7-14(13(18)20-2)8-6-11(16)15(9)10/h9-10H,3-8H2,1-2H3. The van der Waals surface area contributed by atoms with Gasteiger partial charge < -0.3 is 19.3 Å². The highest BCUT2D eigenvalue weighted by Crippen LogP contribution is 2.29. The molecular weight excluding hydrogens is 264 g/mol. The van der Waals surface area contributed by atoms with E-state index in [9.17, 15) is 14.4 Å². The quantitative estimate of drug-likeness (QED) is 0.651. The van der Waals surface area contributed by atoms with Crippen LogP contribution in [-0.4, -0.2) is 67.2 Å². The molecule has 0 aromatic carbocycles. The zero-order valence-corrected chi connectivity index (χ0v) is 11.8. The molecular formula is C13H20N2O5. The van der Waals surface area contributed by atoms with Crippen LogP contribution >= 0.6 is 0 Å². The molecule has 7 heteroatoms. The van der Waals surface area contributed by atoms with E-state index in [-0.39, 0.29) is 24.3 Å². The van der Waals surface area contributed by atoms with E-state index in [1.54, 1.807) is 9.80 Å². The fourth-order valence-corrected chi connectivity index (χ4v) is 3.00. The van der Waals surface area contributed by atoms with Gasteiger partial charge in [-0.3, -0.25) is 4.79 Å². The van der Waals surface area contributed by atoms with Crippen LogP contribution in [0.15, 0.2) is 0 Å². The summed E-state index contributed by atoms with van der Waals surface area (Å²) in [6.07, 6.45) is 1.85. The second-order valence-corrected chi connectivity index (χ2v) is 5.07. The number of fused-ring (bicyclic) bond motifs is 1. The van der Waals surface area contributed by atoms with Crippen LogP contribution in [0.4, 0.5) is 4.79 Å². The molecule has 7 nitrogen and oxygen atoms in total. The van der Waals surface area contributed by atoms with E-state index < -0.39 is 12.1 Å². The predicted octanol–water partition coefficient (Wildman–Crippen LogP) is 0.381. The van der Waals surface area contributed by atoms with Gasteiger partial charge in [0.1, 0.15) is 6.04 Å². The Balaban J connectivity index is 2.09. The average molecular weight is 284 g/mol. The van der Waals surface area contributed by atoms with E-state index in [1.807, 2.05) is 0 Å². The van der Waals surface area contributed by atoms with Crippen LogP contribution in [0.3, 0.4) is 0 Å². The Labute approximate surface area is 117 Å². The molecule has 0 radical (unpaired) electrons. The van der Waals surface area contributed by atoms with E-state index >= 15 is 0 Å². The van der Waals surface area contributed by atoms with Crippen molar-refractivity contribution in [2.45, 2.75) is 37.8 Å². The SMILES string of the molecule is COC(=O)C1CCC2CCN(C(=O)OC)CCC(=O)N21. The summed E-state index contributed by atoms with van der Waals surface area (Å²) in [5.41, 5.74) is 0. The third kappa shape index (κ3) is 2.71. The molecule has 2 heterocycles. The van der Waals surface area contributed by atoms with E-state index in [0.29, 0.717) is 25.9 Å². The minimum Gasteiger partial charge on any atom is -0.467 e. The van der Waals surface area contributed by atoms with Gasteiger partial charge in [0.25, 0.3) is 0 Å². The first-order chi connectivity index (χ1) is 9.58. The minimum atomic E-state index is -0.470. The van der Waals surface area contributed by atoms with Gasteiger partial charge in [-0.1, -0.05) is 0 Å². The lowest BCUT2D eigenvalue weighted by Gasteiger charge is -2.34. The molecule has 0 spiro atoms. The zero-order valence-electron chi connectivity index (χ0n) is 11.8. The van der Waals surface area contributed by atoms with Gasteiger partial charge in [0.2, 0.25) is 5.91 Å². The molecule has 0 N–H and O–H groups in total. The van der Waals surface area contributed by atoms with Gasteiger partial charge in [0.15, 0.2) is 0 Å². The van der Waals surface area contributed by atoms with Gasteiger partial charge >= 0.3 is 12.1 Å². The molecule has 112 valence electrons. The highest BCUT2D eigenvalue weighted by Gasteiger charge is 2.42. The second kappa shape index (κ2) is 6.11. The van der Waals surface area contributed by atoms with Crippen molar-refractivity contribution in [2.24, 2.45) is 0 Å². The highest BCUT2D eigenvalue weighted by molar-refractivity contribution is 5.86. The summed E-state index contributed by atoms with van der Waals surface area (Å²) in [5.74, 6) is -0.456. The Morgan fingerprint density at radius 1 is 1.10 bits per heavy atom. The molecule has 0 saturated carbocycles. The van der Waals surface area contributed by atoms with E-state index in [2.05, 4.69) is 0 Å². The predicted molar refractivity (Wildman–Crippen MR) is 68.9 cm³/mol. The lowest BCUT2D eigenvalue weighted by molar-refractivity contribution is -0.152. The Bertz CT molecular complexity index is 412. The van der Waals surface area contributed by atoms with Crippen molar-refractivity contribution >= 4 is 18.0 Å². The molecule has 0 aromatic rings. The monoisotopic (exact) mass is 284 g/mol. The lowest BCUT2D eigenvalue weighted by atomic mass is 10.1. The van der Waals surface area contributed by atoms with Crippen molar-refractivity contribution < 1.29 is 23.9 Å². The van der Waals surface area contributed by atoms with Crippen molar-refractivity contribution in [2.75, 3.05) is 27.3 Å².